The third-order valence-corrected chi connectivity index (χ3v) is 5.82. The fourth-order valence-electron chi connectivity index (χ4n) is 3.85. The van der Waals surface area contributed by atoms with E-state index in [-0.39, 0.29) is 6.10 Å². The highest BCUT2D eigenvalue weighted by molar-refractivity contribution is 9.10. The van der Waals surface area contributed by atoms with Crippen LogP contribution in [-0.2, 0) is 4.74 Å². The molecule has 1 N–H and O–H groups in total. The lowest BCUT2D eigenvalue weighted by atomic mass is 10.1. The minimum Gasteiger partial charge on any atom is -0.376 e. The summed E-state index contributed by atoms with van der Waals surface area (Å²) in [6.45, 7) is 1.60. The lowest BCUT2D eigenvalue weighted by molar-refractivity contribution is 0.120. The minimum atomic E-state index is 0.244. The van der Waals surface area contributed by atoms with Crippen LogP contribution in [0, 0.1) is 0 Å². The quantitative estimate of drug-likeness (QED) is 0.441. The Balaban J connectivity index is 1.65. The molecule has 1 atom stereocenters. The van der Waals surface area contributed by atoms with Gasteiger partial charge in [0.15, 0.2) is 5.65 Å². The van der Waals surface area contributed by atoms with Gasteiger partial charge in [0.05, 0.1) is 11.5 Å². The van der Waals surface area contributed by atoms with E-state index >= 15 is 0 Å². The van der Waals surface area contributed by atoms with E-state index in [4.69, 9.17) is 4.74 Å². The minimum absolute atomic E-state index is 0.244. The molecule has 1 fully saturated rings. The van der Waals surface area contributed by atoms with Crippen molar-refractivity contribution < 1.29 is 4.74 Å². The number of anilines is 1. The largest absolute Gasteiger partial charge is 0.376 e. The number of nitrogens with one attached hydrogen (secondary N) is 1. The molecule has 0 radical (unpaired) electrons. The molecule has 5 rings (SSSR count). The summed E-state index contributed by atoms with van der Waals surface area (Å²) in [5.41, 5.74) is 4.20. The summed E-state index contributed by atoms with van der Waals surface area (Å²) in [5.74, 6) is 0.847. The van der Waals surface area contributed by atoms with Crippen LogP contribution in [0.3, 0.4) is 0 Å². The van der Waals surface area contributed by atoms with Gasteiger partial charge in [0, 0.05) is 35.1 Å². The molecule has 0 saturated carbocycles. The molecule has 2 aromatic heterocycles. The van der Waals surface area contributed by atoms with E-state index in [1.807, 2.05) is 18.2 Å². The summed E-state index contributed by atoms with van der Waals surface area (Å²) in [4.78, 5) is 9.21. The predicted octanol–water partition coefficient (Wildman–Crippen LogP) is 5.44. The first kappa shape index (κ1) is 18.3. The Morgan fingerprint density at radius 2 is 1.90 bits per heavy atom. The second-order valence-corrected chi connectivity index (χ2v) is 8.11. The molecule has 5 nitrogen and oxygen atoms in total. The van der Waals surface area contributed by atoms with Crippen LogP contribution in [0.2, 0.25) is 0 Å². The van der Waals surface area contributed by atoms with Crippen molar-refractivity contribution in [1.82, 2.24) is 14.5 Å². The fraction of sp³-hybridized carbons (Fsp3) is 0.217. The number of halogens is 1. The van der Waals surface area contributed by atoms with E-state index in [1.165, 1.54) is 0 Å². The van der Waals surface area contributed by atoms with E-state index in [0.717, 1.165) is 64.1 Å². The Labute approximate surface area is 177 Å². The molecule has 6 heteroatoms. The van der Waals surface area contributed by atoms with Gasteiger partial charge in [0.1, 0.15) is 12.1 Å². The zero-order valence-electron chi connectivity index (χ0n) is 15.9. The Morgan fingerprint density at radius 1 is 1.07 bits per heavy atom. The molecule has 0 amide bonds. The van der Waals surface area contributed by atoms with E-state index in [2.05, 4.69) is 78.4 Å². The molecule has 1 saturated heterocycles. The van der Waals surface area contributed by atoms with Gasteiger partial charge in [-0.05, 0) is 42.7 Å². The third kappa shape index (κ3) is 3.66. The number of nitrogens with zero attached hydrogens (tertiary/aromatic N) is 3. The molecule has 146 valence electrons. The molecule has 2 aromatic carbocycles. The van der Waals surface area contributed by atoms with Crippen LogP contribution in [0.1, 0.15) is 12.8 Å². The molecule has 1 aliphatic rings. The van der Waals surface area contributed by atoms with Crippen molar-refractivity contribution in [2.45, 2.75) is 18.9 Å². The third-order valence-electron chi connectivity index (χ3n) is 5.29. The highest BCUT2D eigenvalue weighted by Crippen LogP contribution is 2.35. The van der Waals surface area contributed by atoms with Crippen molar-refractivity contribution in [3.63, 3.8) is 0 Å². The lowest BCUT2D eigenvalue weighted by Gasteiger charge is -2.12. The summed E-state index contributed by atoms with van der Waals surface area (Å²) < 4.78 is 8.95. The SMILES string of the molecule is Brc1ccc(-n2cc(-c3ccccc3)c3c(NCC4CCCO4)ncnc32)cc1. The summed E-state index contributed by atoms with van der Waals surface area (Å²) in [5, 5.41) is 4.54. The van der Waals surface area contributed by atoms with Gasteiger partial charge < -0.3 is 14.6 Å². The standard InChI is InChI=1S/C23H21BrN4O/c24-17-8-10-18(11-9-17)28-14-20(16-5-2-1-3-6-16)21-22(26-15-27-23(21)28)25-13-19-7-4-12-29-19/h1-3,5-6,8-11,14-15,19H,4,7,12-13H2,(H,25,26,27). The molecule has 4 aromatic rings. The summed E-state index contributed by atoms with van der Waals surface area (Å²) in [6.07, 6.45) is 6.24. The van der Waals surface area contributed by atoms with Crippen LogP contribution < -0.4 is 5.32 Å². The van der Waals surface area contributed by atoms with Crippen LogP contribution in [0.5, 0.6) is 0 Å². The van der Waals surface area contributed by atoms with Gasteiger partial charge >= 0.3 is 0 Å². The maximum atomic E-state index is 5.77. The van der Waals surface area contributed by atoms with Gasteiger partial charge in [0.25, 0.3) is 0 Å². The predicted molar refractivity (Wildman–Crippen MR) is 119 cm³/mol. The monoisotopic (exact) mass is 448 g/mol. The Bertz CT molecular complexity index is 1120. The van der Waals surface area contributed by atoms with Gasteiger partial charge in [0.2, 0.25) is 0 Å². The van der Waals surface area contributed by atoms with Gasteiger partial charge in [-0.1, -0.05) is 46.3 Å². The molecule has 29 heavy (non-hydrogen) atoms. The Morgan fingerprint density at radius 3 is 2.66 bits per heavy atom. The number of hydrogen-bond donors (Lipinski definition) is 1. The average Bonchev–Trinajstić information content (AvgIpc) is 3.42. The summed E-state index contributed by atoms with van der Waals surface area (Å²) >= 11 is 3.52. The molecule has 0 spiro atoms. The van der Waals surface area contributed by atoms with Gasteiger partial charge in [-0.2, -0.15) is 0 Å². The van der Waals surface area contributed by atoms with Gasteiger partial charge in [-0.25, -0.2) is 9.97 Å². The maximum Gasteiger partial charge on any atom is 0.150 e. The van der Waals surface area contributed by atoms with Crippen LogP contribution in [0.15, 0.2) is 71.6 Å². The van der Waals surface area contributed by atoms with Crippen molar-refractivity contribution in [3.8, 4) is 16.8 Å². The number of fused-ring (bicyclic) bond motifs is 1. The van der Waals surface area contributed by atoms with Crippen molar-refractivity contribution in [3.05, 3.63) is 71.6 Å². The van der Waals surface area contributed by atoms with Crippen LogP contribution in [0.4, 0.5) is 5.82 Å². The molecule has 1 unspecified atom stereocenters. The molecule has 1 aliphatic heterocycles. The van der Waals surface area contributed by atoms with Crippen molar-refractivity contribution in [2.75, 3.05) is 18.5 Å². The van der Waals surface area contributed by atoms with Crippen LogP contribution in [-0.4, -0.2) is 33.8 Å². The van der Waals surface area contributed by atoms with E-state index < -0.39 is 0 Å². The van der Waals surface area contributed by atoms with Crippen LogP contribution >= 0.6 is 15.9 Å². The first-order valence-electron chi connectivity index (χ1n) is 9.82. The number of aromatic nitrogens is 3. The smallest absolute Gasteiger partial charge is 0.150 e. The second kappa shape index (κ2) is 7.97. The molecule has 0 bridgehead atoms. The Hall–Kier alpha value is -2.70. The maximum absolute atomic E-state index is 5.77. The van der Waals surface area contributed by atoms with E-state index in [0.29, 0.717) is 0 Å². The van der Waals surface area contributed by atoms with Gasteiger partial charge in [-0.3, -0.25) is 0 Å². The lowest BCUT2D eigenvalue weighted by Crippen LogP contribution is -2.19. The molecular weight excluding hydrogens is 428 g/mol. The molecule has 3 heterocycles. The number of hydrogen-bond acceptors (Lipinski definition) is 4. The van der Waals surface area contributed by atoms with E-state index in [1.54, 1.807) is 6.33 Å². The van der Waals surface area contributed by atoms with Crippen molar-refractivity contribution >= 4 is 32.8 Å². The summed E-state index contributed by atoms with van der Waals surface area (Å²) in [6, 6.07) is 18.6. The highest BCUT2D eigenvalue weighted by Gasteiger charge is 2.19. The number of ether oxygens (including phenoxy) is 1. The zero-order valence-corrected chi connectivity index (χ0v) is 17.5. The van der Waals surface area contributed by atoms with Gasteiger partial charge in [-0.15, -0.1) is 0 Å². The topological polar surface area (TPSA) is 52.0 Å². The number of benzene rings is 2. The Kier molecular flexibility index (Phi) is 5.04. The van der Waals surface area contributed by atoms with Crippen molar-refractivity contribution in [1.29, 1.82) is 0 Å². The molecular formula is C23H21BrN4O. The summed E-state index contributed by atoms with van der Waals surface area (Å²) in [7, 11) is 0. The average molecular weight is 449 g/mol. The zero-order chi connectivity index (χ0) is 19.6. The fourth-order valence-corrected chi connectivity index (χ4v) is 4.11. The van der Waals surface area contributed by atoms with E-state index in [9.17, 15) is 0 Å². The highest BCUT2D eigenvalue weighted by atomic mass is 79.9. The second-order valence-electron chi connectivity index (χ2n) is 7.19. The molecule has 0 aliphatic carbocycles. The first-order valence-corrected chi connectivity index (χ1v) is 10.6. The number of rotatable bonds is 5. The first-order chi connectivity index (χ1) is 14.3. The normalized spacial score (nSPS) is 16.4. The van der Waals surface area contributed by atoms with Crippen molar-refractivity contribution in [2.24, 2.45) is 0 Å². The van der Waals surface area contributed by atoms with Crippen LogP contribution in [0.25, 0.3) is 27.8 Å².